The maximum absolute atomic E-state index is 14.1. The lowest BCUT2D eigenvalue weighted by atomic mass is 10.0. The third kappa shape index (κ3) is 10.1. The number of carboxylic acid groups (broad SMARTS) is 1. The quantitative estimate of drug-likeness (QED) is 0.360. The van der Waals surface area contributed by atoms with Crippen LogP contribution >= 0.6 is 0 Å². The van der Waals surface area contributed by atoms with Gasteiger partial charge in [0.25, 0.3) is 6.47 Å². The minimum atomic E-state index is -0.419. The van der Waals surface area contributed by atoms with Crippen LogP contribution < -0.4 is 9.47 Å². The number of fused-ring (bicyclic) bond motifs is 4. The lowest BCUT2D eigenvalue weighted by molar-refractivity contribution is -0.138. The number of amides is 3. The van der Waals surface area contributed by atoms with Gasteiger partial charge in [-0.3, -0.25) is 23.9 Å². The summed E-state index contributed by atoms with van der Waals surface area (Å²) in [6.07, 6.45) is 15.2. The van der Waals surface area contributed by atoms with E-state index in [2.05, 4.69) is 14.6 Å². The molecule has 2 aromatic heterocycles. The highest BCUT2D eigenvalue weighted by molar-refractivity contribution is 5.85. The smallest absolute Gasteiger partial charge is 0.290 e. The maximum Gasteiger partial charge on any atom is 0.290 e. The lowest BCUT2D eigenvalue weighted by Gasteiger charge is -2.29. The van der Waals surface area contributed by atoms with Crippen molar-refractivity contribution < 1.29 is 33.8 Å². The number of hydrogen-bond donors (Lipinski definition) is 1. The van der Waals surface area contributed by atoms with E-state index in [1.54, 1.807) is 19.5 Å². The SMILES string of the molecule is COc1ccc2cc1OCCCN(C(=O)CCN1CCCCCC1=O)CCCCN(C(=O)C1(Cn3cccn3)CC1)CCn1ccnc1-2.O=CO. The molecule has 2 fully saturated rings. The number of likely N-dealkylation sites (tertiary alicyclic amines) is 1. The zero-order chi connectivity index (χ0) is 36.1. The van der Waals surface area contributed by atoms with E-state index in [4.69, 9.17) is 19.4 Å². The molecule has 1 saturated carbocycles. The standard InChI is InChI=1S/C36H49N7O5.CH2O2/c1-47-30-11-10-29-27-31(30)48-26-8-20-39(33(45)12-22-40-17-4-2-3-9-32(40)44)18-5-6-19-42(25-24-41-23-16-37-34(29)41)35(46)36(13-14-36)28-43-21-7-15-38-43;2-1-3/h7,10-11,15-16,21,23,27H,2-6,8-9,12-14,17-20,22,24-26,28H2,1H3;1H,(H,2,3). The number of methoxy groups -OCH3 is 1. The van der Waals surface area contributed by atoms with E-state index in [1.165, 1.54) is 0 Å². The van der Waals surface area contributed by atoms with Crippen LogP contribution in [0.15, 0.2) is 49.1 Å². The summed E-state index contributed by atoms with van der Waals surface area (Å²) in [6.45, 7) is 4.86. The number of hydrogen-bond acceptors (Lipinski definition) is 8. The maximum atomic E-state index is 14.1. The molecule has 0 spiro atoms. The zero-order valence-electron chi connectivity index (χ0n) is 29.7. The van der Waals surface area contributed by atoms with Crippen molar-refractivity contribution in [3.8, 4) is 22.9 Å². The van der Waals surface area contributed by atoms with Crippen molar-refractivity contribution in [2.45, 2.75) is 77.3 Å². The Balaban J connectivity index is 0.00000162. The van der Waals surface area contributed by atoms with E-state index in [-0.39, 0.29) is 24.2 Å². The van der Waals surface area contributed by atoms with E-state index < -0.39 is 5.41 Å². The molecule has 3 amide bonds. The van der Waals surface area contributed by atoms with Gasteiger partial charge in [-0.2, -0.15) is 5.10 Å². The summed E-state index contributed by atoms with van der Waals surface area (Å²) in [7, 11) is 1.62. The molecule has 1 saturated heterocycles. The van der Waals surface area contributed by atoms with Crippen LogP contribution in [0.1, 0.15) is 64.2 Å². The number of rotatable bonds is 7. The first-order valence-electron chi connectivity index (χ1n) is 18.1. The van der Waals surface area contributed by atoms with E-state index in [1.807, 2.05) is 56.0 Å². The molecule has 0 radical (unpaired) electrons. The summed E-state index contributed by atoms with van der Waals surface area (Å²) in [6, 6.07) is 7.70. The van der Waals surface area contributed by atoms with Gasteiger partial charge in [-0.1, -0.05) is 6.42 Å². The highest BCUT2D eigenvalue weighted by Crippen LogP contribution is 2.48. The summed E-state index contributed by atoms with van der Waals surface area (Å²) in [5.41, 5.74) is 0.479. The molecule has 2 aliphatic heterocycles. The molecule has 2 bridgehead atoms. The molecular formula is C37H51N7O7. The predicted octanol–water partition coefficient (Wildman–Crippen LogP) is 3.95. The van der Waals surface area contributed by atoms with Crippen molar-refractivity contribution >= 4 is 24.2 Å². The molecule has 1 aromatic carbocycles. The number of nitrogens with zero attached hydrogens (tertiary/aromatic N) is 7. The second-order valence-corrected chi connectivity index (χ2v) is 13.4. The van der Waals surface area contributed by atoms with Crippen LogP contribution in [0.25, 0.3) is 11.4 Å². The van der Waals surface area contributed by atoms with Crippen molar-refractivity contribution in [1.29, 1.82) is 0 Å². The van der Waals surface area contributed by atoms with E-state index in [0.29, 0.717) is 83.2 Å². The van der Waals surface area contributed by atoms with E-state index >= 15 is 0 Å². The second-order valence-electron chi connectivity index (χ2n) is 13.4. The first-order chi connectivity index (χ1) is 24.9. The van der Waals surface area contributed by atoms with Crippen molar-refractivity contribution in [2.75, 3.05) is 53.0 Å². The fourth-order valence-corrected chi connectivity index (χ4v) is 6.92. The predicted molar refractivity (Wildman–Crippen MR) is 189 cm³/mol. The van der Waals surface area contributed by atoms with Gasteiger partial charge in [-0.25, -0.2) is 4.98 Å². The first-order valence-corrected chi connectivity index (χ1v) is 18.1. The zero-order valence-corrected chi connectivity index (χ0v) is 29.7. The molecule has 14 heteroatoms. The summed E-state index contributed by atoms with van der Waals surface area (Å²) < 4.78 is 15.8. The first kappa shape index (κ1) is 37.4. The van der Waals surface area contributed by atoms with Crippen molar-refractivity contribution in [3.63, 3.8) is 0 Å². The van der Waals surface area contributed by atoms with Gasteiger partial charge < -0.3 is 33.8 Å². The van der Waals surface area contributed by atoms with Gasteiger partial charge in [0.1, 0.15) is 5.82 Å². The number of carbonyl (C=O) groups excluding carboxylic acids is 3. The lowest BCUT2D eigenvalue weighted by Crippen LogP contribution is -2.42. The van der Waals surface area contributed by atoms with Gasteiger partial charge in [-0.15, -0.1) is 0 Å². The molecule has 51 heavy (non-hydrogen) atoms. The summed E-state index contributed by atoms with van der Waals surface area (Å²) in [5.74, 6) is 2.44. The second kappa shape index (κ2) is 18.4. The normalized spacial score (nSPS) is 18.2. The van der Waals surface area contributed by atoms with Crippen LogP contribution in [0.2, 0.25) is 0 Å². The van der Waals surface area contributed by atoms with Gasteiger partial charge in [0.05, 0.1) is 25.7 Å². The number of aromatic nitrogens is 4. The number of imidazole rings is 1. The van der Waals surface area contributed by atoms with Gasteiger partial charge in [0.2, 0.25) is 17.7 Å². The van der Waals surface area contributed by atoms with Crippen LogP contribution in [0.3, 0.4) is 0 Å². The molecule has 3 aliphatic rings. The molecule has 1 aliphatic carbocycles. The molecule has 14 nitrogen and oxygen atoms in total. The molecule has 6 rings (SSSR count). The number of benzene rings is 1. The Morgan fingerprint density at radius 3 is 2.47 bits per heavy atom. The van der Waals surface area contributed by atoms with Crippen molar-refractivity contribution in [3.05, 3.63) is 49.1 Å². The Morgan fingerprint density at radius 2 is 1.73 bits per heavy atom. The van der Waals surface area contributed by atoms with E-state index in [0.717, 1.165) is 62.9 Å². The van der Waals surface area contributed by atoms with Gasteiger partial charge in [-0.05, 0) is 69.2 Å². The van der Waals surface area contributed by atoms with Crippen molar-refractivity contribution in [1.82, 2.24) is 34.0 Å². The average molecular weight is 706 g/mol. The summed E-state index contributed by atoms with van der Waals surface area (Å²) in [5, 5.41) is 11.3. The van der Waals surface area contributed by atoms with Gasteiger partial charge in [0.15, 0.2) is 11.5 Å². The third-order valence-corrected chi connectivity index (χ3v) is 9.92. The minimum absolute atomic E-state index is 0.0547. The Morgan fingerprint density at radius 1 is 0.961 bits per heavy atom. The van der Waals surface area contributed by atoms with Gasteiger partial charge in [0, 0.05) is 89.0 Å². The molecule has 276 valence electrons. The van der Waals surface area contributed by atoms with Gasteiger partial charge >= 0.3 is 0 Å². The Labute approximate surface area is 299 Å². The highest BCUT2D eigenvalue weighted by Gasteiger charge is 2.52. The molecule has 0 unspecified atom stereocenters. The fourth-order valence-electron chi connectivity index (χ4n) is 6.92. The topological polar surface area (TPSA) is 152 Å². The van der Waals surface area contributed by atoms with Crippen molar-refractivity contribution in [2.24, 2.45) is 5.41 Å². The Kier molecular flexibility index (Phi) is 13.5. The highest BCUT2D eigenvalue weighted by atomic mass is 16.5. The third-order valence-electron chi connectivity index (χ3n) is 9.92. The average Bonchev–Trinajstić information content (AvgIpc) is 3.54. The number of ether oxygens (including phenoxy) is 2. The Bertz CT molecular complexity index is 1590. The number of carbonyl (C=O) groups is 4. The largest absolute Gasteiger partial charge is 0.493 e. The van der Waals surface area contributed by atoms with Crippen LogP contribution in [0.5, 0.6) is 11.5 Å². The molecular weight excluding hydrogens is 654 g/mol. The van der Waals surface area contributed by atoms with Crippen LogP contribution in [-0.4, -0.2) is 116 Å². The van der Waals surface area contributed by atoms with Crippen LogP contribution in [0, 0.1) is 5.41 Å². The Hall–Kier alpha value is -4.88. The minimum Gasteiger partial charge on any atom is -0.493 e. The monoisotopic (exact) mass is 705 g/mol. The van der Waals surface area contributed by atoms with Crippen LogP contribution in [-0.2, 0) is 32.3 Å². The summed E-state index contributed by atoms with van der Waals surface area (Å²) >= 11 is 0. The molecule has 0 atom stereocenters. The van der Waals surface area contributed by atoms with Crippen LogP contribution in [0.4, 0.5) is 0 Å². The fraction of sp³-hybridized carbons (Fsp3) is 0.568. The molecule has 1 N–H and O–H groups in total. The molecule has 4 heterocycles. The molecule has 3 aromatic rings. The summed E-state index contributed by atoms with van der Waals surface area (Å²) in [4.78, 5) is 59.1. The van der Waals surface area contributed by atoms with E-state index in [9.17, 15) is 14.4 Å².